The van der Waals surface area contributed by atoms with E-state index >= 15 is 0 Å². The highest BCUT2D eigenvalue weighted by Gasteiger charge is 2.26. The van der Waals surface area contributed by atoms with Crippen LogP contribution in [0, 0.1) is 6.92 Å². The van der Waals surface area contributed by atoms with Crippen molar-refractivity contribution in [2.45, 2.75) is 258 Å². The van der Waals surface area contributed by atoms with Crippen LogP contribution in [0.15, 0.2) is 15.8 Å². The maximum absolute atomic E-state index is 12.9. The smallest absolute Gasteiger partial charge is 0.330 e. The predicted octanol–water partition coefficient (Wildman–Crippen LogP) is 11.2. The minimum Gasteiger partial charge on any atom is -0.463 e. The summed E-state index contributed by atoms with van der Waals surface area (Å²) in [5, 5.41) is 3.14. The summed E-state index contributed by atoms with van der Waals surface area (Å²) >= 11 is 0. The Hall–Kier alpha value is -3.52. The molecule has 1 aliphatic heterocycles. The molecule has 0 saturated carbocycles. The second-order valence-electron chi connectivity index (χ2n) is 18.9. The lowest BCUT2D eigenvalue weighted by atomic mass is 10.0. The van der Waals surface area contributed by atoms with Crippen LogP contribution in [-0.4, -0.2) is 78.5 Å². The number of nitrogens with zero attached hydrogens (tertiary/aromatic N) is 1. The van der Waals surface area contributed by atoms with Crippen LogP contribution in [0.3, 0.4) is 0 Å². The number of carbonyl (C=O) groups excluding carboxylic acids is 4. The SMILES string of the molecule is CCCCCCCCCCCCCCCCCC(=O)OCC(COC(=O)CCCCCCCCCCCCCCCCC)OC(=O)CCC(=O)OC[C@@H]1CNC[C@H](n2cc(C)c(=O)[nH]c2=O)O1. The Labute approximate surface area is 403 Å². The number of rotatable bonds is 43. The molecular formula is C53H93N3O11. The summed E-state index contributed by atoms with van der Waals surface area (Å²) in [4.78, 5) is 77.2. The number of unbranched alkanes of at least 4 members (excludes halogenated alkanes) is 28. The van der Waals surface area contributed by atoms with Crippen molar-refractivity contribution >= 4 is 23.9 Å². The van der Waals surface area contributed by atoms with Crippen molar-refractivity contribution in [3.63, 3.8) is 0 Å². The number of aromatic nitrogens is 2. The van der Waals surface area contributed by atoms with E-state index in [0.29, 0.717) is 31.5 Å². The summed E-state index contributed by atoms with van der Waals surface area (Å²) in [6.07, 6.45) is 36.0. The number of morpholine rings is 1. The fourth-order valence-electron chi connectivity index (χ4n) is 8.37. The van der Waals surface area contributed by atoms with Gasteiger partial charge in [0.15, 0.2) is 12.3 Å². The maximum atomic E-state index is 12.9. The monoisotopic (exact) mass is 948 g/mol. The fraction of sp³-hybridized carbons (Fsp3) is 0.849. The van der Waals surface area contributed by atoms with Crippen molar-refractivity contribution in [3.8, 4) is 0 Å². The van der Waals surface area contributed by atoms with E-state index in [1.165, 1.54) is 152 Å². The van der Waals surface area contributed by atoms with Crippen LogP contribution in [0.2, 0.25) is 0 Å². The van der Waals surface area contributed by atoms with Gasteiger partial charge in [0, 0.05) is 37.7 Å². The number of ether oxygens (including phenoxy) is 5. The second-order valence-corrected chi connectivity index (χ2v) is 18.9. The molecule has 386 valence electrons. The van der Waals surface area contributed by atoms with Crippen LogP contribution in [0.4, 0.5) is 0 Å². The van der Waals surface area contributed by atoms with Gasteiger partial charge in [-0.3, -0.25) is 33.5 Å². The summed E-state index contributed by atoms with van der Waals surface area (Å²) in [7, 11) is 0. The Bertz CT molecular complexity index is 1510. The van der Waals surface area contributed by atoms with Crippen LogP contribution < -0.4 is 16.6 Å². The summed E-state index contributed by atoms with van der Waals surface area (Å²) < 4.78 is 29.1. The number of carbonyl (C=O) groups is 4. The van der Waals surface area contributed by atoms with E-state index in [-0.39, 0.29) is 45.5 Å². The van der Waals surface area contributed by atoms with Gasteiger partial charge in [0.25, 0.3) is 5.56 Å². The molecule has 2 atom stereocenters. The lowest BCUT2D eigenvalue weighted by Crippen LogP contribution is -2.48. The highest BCUT2D eigenvalue weighted by molar-refractivity contribution is 5.77. The zero-order valence-electron chi connectivity index (χ0n) is 42.3. The van der Waals surface area contributed by atoms with Crippen LogP contribution >= 0.6 is 0 Å². The molecule has 0 radical (unpaired) electrons. The quantitative estimate of drug-likeness (QED) is 0.0360. The van der Waals surface area contributed by atoms with Crippen molar-refractivity contribution in [1.82, 2.24) is 14.9 Å². The molecule has 1 saturated heterocycles. The van der Waals surface area contributed by atoms with E-state index in [1.54, 1.807) is 6.92 Å². The topological polar surface area (TPSA) is 181 Å². The Kier molecular flexibility index (Phi) is 35.9. The van der Waals surface area contributed by atoms with E-state index in [2.05, 4.69) is 24.1 Å². The first-order chi connectivity index (χ1) is 32.6. The molecule has 14 nitrogen and oxygen atoms in total. The van der Waals surface area contributed by atoms with Crippen molar-refractivity contribution in [3.05, 3.63) is 32.6 Å². The molecule has 67 heavy (non-hydrogen) atoms. The van der Waals surface area contributed by atoms with Gasteiger partial charge in [-0.05, 0) is 19.8 Å². The summed E-state index contributed by atoms with van der Waals surface area (Å²) in [6, 6.07) is 0. The van der Waals surface area contributed by atoms with Gasteiger partial charge in [-0.15, -0.1) is 0 Å². The molecule has 0 aliphatic carbocycles. The molecule has 0 amide bonds. The largest absolute Gasteiger partial charge is 0.463 e. The third-order valence-electron chi connectivity index (χ3n) is 12.6. The first-order valence-corrected chi connectivity index (χ1v) is 27.0. The first-order valence-electron chi connectivity index (χ1n) is 27.0. The Balaban J connectivity index is 1.69. The first kappa shape index (κ1) is 59.6. The van der Waals surface area contributed by atoms with Crippen LogP contribution in [-0.2, 0) is 42.9 Å². The molecule has 2 N–H and O–H groups in total. The standard InChI is InChI=1S/C53H93N3O11/c1-4-6-8-10-12-14-16-18-20-22-24-26-28-30-32-34-48(57)64-42-46(43-65-49(58)35-33-31-29-27-25-23-21-19-17-15-13-11-9-7-5-2)67-51(60)37-36-50(59)63-41-45-38-54-39-47(66-45)56-40-44(3)52(61)55-53(56)62/h40,45-47,54H,4-39,41-43H2,1-3H3,(H,55,61,62)/t45-,47+/m0/s1. The number of aromatic amines is 1. The molecule has 0 bridgehead atoms. The summed E-state index contributed by atoms with van der Waals surface area (Å²) in [5.41, 5.74) is -0.728. The van der Waals surface area contributed by atoms with Crippen LogP contribution in [0.1, 0.15) is 244 Å². The lowest BCUT2D eigenvalue weighted by molar-refractivity contribution is -0.168. The summed E-state index contributed by atoms with van der Waals surface area (Å²) in [6.45, 7) is 6.13. The third-order valence-corrected chi connectivity index (χ3v) is 12.6. The zero-order chi connectivity index (χ0) is 48.6. The molecular weight excluding hydrogens is 855 g/mol. The van der Waals surface area contributed by atoms with Crippen molar-refractivity contribution in [2.75, 3.05) is 32.9 Å². The van der Waals surface area contributed by atoms with Crippen LogP contribution in [0.5, 0.6) is 0 Å². The van der Waals surface area contributed by atoms with E-state index in [9.17, 15) is 28.8 Å². The van der Waals surface area contributed by atoms with Crippen molar-refractivity contribution < 1.29 is 42.9 Å². The molecule has 2 heterocycles. The van der Waals surface area contributed by atoms with Crippen molar-refractivity contribution in [2.24, 2.45) is 0 Å². The molecule has 1 aliphatic rings. The number of aryl methyl sites for hydroxylation is 1. The van der Waals surface area contributed by atoms with E-state index in [4.69, 9.17) is 23.7 Å². The van der Waals surface area contributed by atoms with E-state index < -0.39 is 53.6 Å². The molecule has 2 rings (SSSR count). The highest BCUT2D eigenvalue weighted by Crippen LogP contribution is 2.17. The number of H-pyrrole nitrogens is 1. The van der Waals surface area contributed by atoms with Gasteiger partial charge in [-0.25, -0.2) is 4.79 Å². The molecule has 0 spiro atoms. The van der Waals surface area contributed by atoms with Gasteiger partial charge in [-0.1, -0.05) is 194 Å². The van der Waals surface area contributed by atoms with Crippen LogP contribution in [0.25, 0.3) is 0 Å². The highest BCUT2D eigenvalue weighted by atomic mass is 16.6. The lowest BCUT2D eigenvalue weighted by Gasteiger charge is -2.31. The number of nitrogens with one attached hydrogen (secondary N) is 2. The Morgan fingerprint density at radius 3 is 1.37 bits per heavy atom. The second kappa shape index (κ2) is 40.4. The molecule has 0 aromatic carbocycles. The van der Waals surface area contributed by atoms with E-state index in [0.717, 1.165) is 38.5 Å². The van der Waals surface area contributed by atoms with E-state index in [1.807, 2.05) is 0 Å². The zero-order valence-corrected chi connectivity index (χ0v) is 42.3. The minimum absolute atomic E-state index is 0.123. The predicted molar refractivity (Wildman–Crippen MR) is 264 cm³/mol. The summed E-state index contributed by atoms with van der Waals surface area (Å²) in [5.74, 6) is -2.17. The Morgan fingerprint density at radius 2 is 0.940 bits per heavy atom. The molecule has 0 unspecified atom stereocenters. The third kappa shape index (κ3) is 32.0. The van der Waals surface area contributed by atoms with Gasteiger partial charge in [0.05, 0.1) is 12.8 Å². The van der Waals surface area contributed by atoms with Gasteiger partial charge < -0.3 is 29.0 Å². The number of esters is 4. The number of hydrogen-bond donors (Lipinski definition) is 2. The molecule has 14 heteroatoms. The average Bonchev–Trinajstić information content (AvgIpc) is 3.32. The fourth-order valence-corrected chi connectivity index (χ4v) is 8.37. The average molecular weight is 948 g/mol. The van der Waals surface area contributed by atoms with Gasteiger partial charge in [-0.2, -0.15) is 0 Å². The minimum atomic E-state index is -1.02. The van der Waals surface area contributed by atoms with Gasteiger partial charge in [0.2, 0.25) is 0 Å². The molecule has 1 aromatic rings. The molecule has 1 fully saturated rings. The Morgan fingerprint density at radius 1 is 0.552 bits per heavy atom. The van der Waals surface area contributed by atoms with Gasteiger partial charge in [0.1, 0.15) is 25.9 Å². The number of hydrogen-bond acceptors (Lipinski definition) is 12. The molecule has 1 aromatic heterocycles. The van der Waals surface area contributed by atoms with Crippen molar-refractivity contribution in [1.29, 1.82) is 0 Å². The normalized spacial score (nSPS) is 14.9. The van der Waals surface area contributed by atoms with Gasteiger partial charge >= 0.3 is 29.6 Å². The maximum Gasteiger partial charge on any atom is 0.330 e.